The smallest absolute Gasteiger partial charge is 0 e. The second-order valence-electron chi connectivity index (χ2n) is 0. The Morgan fingerprint density at radius 3 is 0.500 bits per heavy atom. The molecule has 0 aromatic heterocycles. The van der Waals surface area contributed by atoms with Crippen molar-refractivity contribution in [3.63, 3.8) is 0 Å². The minimum absolute atomic E-state index is 6.00. The van der Waals surface area contributed by atoms with Gasteiger partial charge in [0, 0.05) is 21.6 Å². The highest BCUT2D eigenvalue weighted by molar-refractivity contribution is 2.30. The van der Waals surface area contributed by atoms with Crippen LogP contribution in [0.15, 0.2) is 0 Å². The van der Waals surface area contributed by atoms with E-state index in [-0.39, 0.29) is 0 Å². The second kappa shape index (κ2) is 0.965. The number of rotatable bonds is 0. The Morgan fingerprint density at radius 2 is 0.500 bits per heavy atom. The summed E-state index contributed by atoms with van der Waals surface area (Å²) < 4.78 is 0. The zero-order chi connectivity index (χ0) is 4.00. The lowest BCUT2D eigenvalue weighted by molar-refractivity contribution is 1.15. The average Bonchev–Trinajstić information content (AvgIpc) is 1.50. The summed E-state index contributed by atoms with van der Waals surface area (Å²) in [7, 11) is 0. The zero-order valence-electron chi connectivity index (χ0n) is 1.79. The van der Waals surface area contributed by atoms with Gasteiger partial charge >= 0.3 is 0 Å². The first-order valence-electron chi connectivity index (χ1n) is 0.400. The lowest BCUT2D eigenvalue weighted by Crippen LogP contribution is -0.562. The molecule has 0 aromatic carbocycles. The van der Waals surface area contributed by atoms with Crippen molar-refractivity contribution >= 4 is 0 Å². The quantitative estimate of drug-likeness (QED) is 0.366. The summed E-state index contributed by atoms with van der Waals surface area (Å²) in [6.45, 7) is 0. The minimum Gasteiger partial charge on any atom is 0 e. The Labute approximate surface area is 22.9 Å². The monoisotopic (exact) mass is 56.0 g/mol. The van der Waals surface area contributed by atoms with E-state index in [9.17, 15) is 0 Å². The number of nitrogens with zero attached hydrogens (tertiary/aromatic N) is 4. The maximum absolute atomic E-state index is 6.00. The van der Waals surface area contributed by atoms with Gasteiger partial charge < -0.3 is 0 Å². The minimum atomic E-state index is 6.00. The topological polar surface area (TPSA) is 95.2 Å². The first-order valence-corrected chi connectivity index (χ1v) is 0.400. The fourth-order valence-electron chi connectivity index (χ4n) is 0. The molecule has 4 heavy (non-hydrogen) atoms. The van der Waals surface area contributed by atoms with E-state index in [4.69, 9.17) is 21.6 Å². The molecular formula is N4. The van der Waals surface area contributed by atoms with Crippen molar-refractivity contribution in [3.05, 3.63) is 0 Å². The Kier molecular flexibility index (Phi) is 3.29. The number of hydrogen-bond acceptors (Lipinski definition) is 4. The van der Waals surface area contributed by atoms with Crippen LogP contribution in [0.25, 0.3) is 0 Å². The van der Waals surface area contributed by atoms with E-state index in [0.29, 0.717) is 0 Å². The summed E-state index contributed by atoms with van der Waals surface area (Å²) in [6, 6.07) is 0. The van der Waals surface area contributed by atoms with E-state index < -0.39 is 0 Å². The van der Waals surface area contributed by atoms with Gasteiger partial charge in [0.05, 0.1) is 0 Å². The molecule has 0 atom stereocenters. The molecule has 0 aliphatic carbocycles. The third-order valence-electron chi connectivity index (χ3n) is 0. The number of hydrogen-bond donors (Lipinski definition) is 0. The van der Waals surface area contributed by atoms with Gasteiger partial charge in [0.15, 0.2) is 0 Å². The van der Waals surface area contributed by atoms with Gasteiger partial charge in [-0.2, -0.15) is 0 Å². The predicted octanol–water partition coefficient (Wildman–Crippen LogP) is 0.0603. The molecule has 0 rings (SSSR count). The molecule has 4 nitrogen and oxygen atoms in total. The molecule has 0 heterocycles. The molecule has 0 N–H and O–H groups in total. The summed E-state index contributed by atoms with van der Waals surface area (Å²) in [5.41, 5.74) is 0. The highest BCUT2D eigenvalue weighted by Crippen LogP contribution is 0.594. The van der Waals surface area contributed by atoms with Crippen LogP contribution >= 0.6 is 0 Å². The molecule has 4 heteroatoms. The summed E-state index contributed by atoms with van der Waals surface area (Å²) in [5, 5.41) is 24.0. The summed E-state index contributed by atoms with van der Waals surface area (Å²) in [4.78, 5) is 0. The Morgan fingerprint density at radius 1 is 0.500 bits per heavy atom. The van der Waals surface area contributed by atoms with E-state index in [2.05, 4.69) is 0 Å². The van der Waals surface area contributed by atoms with Gasteiger partial charge in [-0.25, -0.2) is 0 Å². The molecule has 0 bridgehead atoms. The summed E-state index contributed by atoms with van der Waals surface area (Å²) >= 11 is 0. The fraction of sp³-hybridized carbons (Fsp3) is 0. The fourth-order valence-corrected chi connectivity index (χ4v) is 0. The van der Waals surface area contributed by atoms with Gasteiger partial charge in [-0.3, -0.25) is 0 Å². The highest BCUT2D eigenvalue weighted by Gasteiger charge is 0.579. The third kappa shape index (κ3) is 0.0160. The van der Waals surface area contributed by atoms with Crippen LogP contribution in [-0.2, 0) is 0 Å². The maximum Gasteiger partial charge on any atom is 0 e. The van der Waals surface area contributed by atoms with Crippen LogP contribution < -0.4 is 0 Å². The molecule has 0 fully saturated rings. The highest BCUT2D eigenvalue weighted by atomic mass is 14.6. The molecule has 0 amide bonds. The van der Waals surface area contributed by atoms with Crippen molar-refractivity contribution in [2.75, 3.05) is 0 Å². The lowest BCUT2D eigenvalue weighted by Gasteiger charge is -0.577. The molecule has 0 aliphatic rings. The average molecular weight is 56.0 g/mol. The van der Waals surface area contributed by atoms with E-state index in [1.807, 2.05) is 0 Å². The summed E-state index contributed by atoms with van der Waals surface area (Å²) in [5.74, 6) is 0. The van der Waals surface area contributed by atoms with Crippen LogP contribution in [0.5, 0.6) is 0 Å². The third-order valence-corrected chi connectivity index (χ3v) is 0. The standard InChI is InChI=1S/2N2/c2*1-2. The molecule has 20 valence electrons. The van der Waals surface area contributed by atoms with Gasteiger partial charge in [0.25, 0.3) is 0 Å². The Balaban J connectivity index is 0. The Bertz CT molecular complexity index is 15.5. The van der Waals surface area contributed by atoms with Crippen LogP contribution in [0.1, 0.15) is 0 Å². The van der Waals surface area contributed by atoms with Gasteiger partial charge in [-0.1, -0.05) is 0 Å². The molecular weight excluding hydrogens is 56.0 g/mol. The van der Waals surface area contributed by atoms with E-state index in [0.717, 1.165) is 0 Å². The molecule has 0 saturated carbocycles. The second-order valence-corrected chi connectivity index (χ2v) is 0. The zero-order valence-corrected chi connectivity index (χ0v) is 1.79. The van der Waals surface area contributed by atoms with Gasteiger partial charge in [-0.15, -0.1) is 0 Å². The van der Waals surface area contributed by atoms with Crippen LogP contribution in [0.2, 0.25) is 0 Å². The Hall–Kier alpha value is -1.16. The molecule has 0 radical (unpaired) electrons. The van der Waals surface area contributed by atoms with Crippen molar-refractivity contribution in [3.8, 4) is 0 Å². The molecule has 0 aromatic rings. The largest absolute Gasteiger partial charge is 0 e. The van der Waals surface area contributed by atoms with Crippen LogP contribution in [0, 0.1) is 21.6 Å². The van der Waals surface area contributed by atoms with Crippen molar-refractivity contribution in [2.45, 2.75) is 0 Å². The lowest BCUT2D eigenvalue weighted by atomic mass is 13.4. The van der Waals surface area contributed by atoms with Crippen LogP contribution in [0.4, 0.5) is 0 Å². The predicted molar refractivity (Wildman–Crippen MR) is 6.90 cm³/mol. The van der Waals surface area contributed by atoms with Crippen molar-refractivity contribution < 1.29 is 0 Å². The molecule has 0 saturated heterocycles. The first-order chi connectivity index (χ1) is 2.00. The van der Waals surface area contributed by atoms with Crippen molar-refractivity contribution in [2.24, 2.45) is 0 Å². The van der Waals surface area contributed by atoms with Gasteiger partial charge in [0.1, 0.15) is 0 Å². The van der Waals surface area contributed by atoms with Gasteiger partial charge in [-0.05, 0) is 0 Å². The van der Waals surface area contributed by atoms with Crippen LogP contribution in [-0.4, -0.2) is 0 Å². The van der Waals surface area contributed by atoms with Crippen LogP contribution in [0.3, 0.4) is 0 Å². The van der Waals surface area contributed by atoms with Crippen molar-refractivity contribution in [1.82, 2.24) is 0 Å². The van der Waals surface area contributed by atoms with Gasteiger partial charge in [0.2, 0.25) is 0 Å². The van der Waals surface area contributed by atoms with E-state index in [1.165, 1.54) is 0 Å². The van der Waals surface area contributed by atoms with E-state index in [1.54, 1.807) is 0 Å². The van der Waals surface area contributed by atoms with Crippen molar-refractivity contribution in [1.29, 1.82) is 21.6 Å². The maximum atomic E-state index is 6.00. The SMILES string of the molecule is N#N.N#N. The summed E-state index contributed by atoms with van der Waals surface area (Å²) in [6.07, 6.45) is 0. The molecule has 0 spiro atoms. The normalized spacial score (nSPS) is 1.00. The first kappa shape index (κ1) is 13.6. The van der Waals surface area contributed by atoms with E-state index >= 15 is 0 Å². The molecule has 0 unspecified atom stereocenters. The molecule has 0 aliphatic heterocycles.